The van der Waals surface area contributed by atoms with E-state index < -0.39 is 23.3 Å². The van der Waals surface area contributed by atoms with Gasteiger partial charge in [0.05, 0.1) is 42.1 Å². The average Bonchev–Trinajstić information content (AvgIpc) is 1.41. The van der Waals surface area contributed by atoms with Crippen LogP contribution in [-0.4, -0.2) is 124 Å². The maximum absolute atomic E-state index is 6.13. The molecule has 0 N–H and O–H groups in total. The number of anilines is 2. The number of pyridine rings is 2. The Bertz CT molecular complexity index is 4210. The normalized spacial score (nSPS) is 15.4. The highest BCUT2D eigenvalue weighted by Gasteiger charge is 2.52. The molecule has 3 aliphatic heterocycles. The number of nitrogens with zero attached hydrogens (tertiary/aromatic N) is 12. The predicted octanol–water partition coefficient (Wildman–Crippen LogP) is 13.4. The summed E-state index contributed by atoms with van der Waals surface area (Å²) in [6, 6.07) is 29.7. The van der Waals surface area contributed by atoms with E-state index in [1.165, 1.54) is 25.8 Å². The molecule has 90 heavy (non-hydrogen) atoms. The van der Waals surface area contributed by atoms with Gasteiger partial charge in [-0.15, -0.1) is 0 Å². The van der Waals surface area contributed by atoms with Gasteiger partial charge < -0.3 is 38.1 Å². The van der Waals surface area contributed by atoms with E-state index in [4.69, 9.17) is 38.2 Å². The molecule has 0 spiro atoms. The van der Waals surface area contributed by atoms with E-state index in [1.807, 2.05) is 55.2 Å². The van der Waals surface area contributed by atoms with Gasteiger partial charge >= 0.3 is 7.12 Å². The highest BCUT2D eigenvalue weighted by atomic mass is 127. The van der Waals surface area contributed by atoms with Gasteiger partial charge in [0.1, 0.15) is 66.1 Å². The molecule has 4 aromatic carbocycles. The fraction of sp³-hybridized carbons (Fsp3) is 0.412. The first-order chi connectivity index (χ1) is 42.9. The molecule has 10 aromatic rings. The summed E-state index contributed by atoms with van der Waals surface area (Å²) in [6.07, 6.45) is 10.9. The Morgan fingerprint density at radius 1 is 0.567 bits per heavy atom. The highest BCUT2D eigenvalue weighted by Crippen LogP contribution is 2.41. The summed E-state index contributed by atoms with van der Waals surface area (Å²) >= 11 is 2.33. The van der Waals surface area contributed by atoms with Crippen molar-refractivity contribution in [3.8, 4) is 22.6 Å². The summed E-state index contributed by atoms with van der Waals surface area (Å²) in [5, 5.41) is 2.15. The van der Waals surface area contributed by atoms with Crippen molar-refractivity contribution in [3.05, 3.63) is 148 Å². The molecular weight excluding hydrogens is 1270 g/mol. The summed E-state index contributed by atoms with van der Waals surface area (Å²) in [5.74, 6) is 4.61. The standard InChI is InChI=1S/C31H36N6O2Si.C19H32BN3O3Si.C18H16IN3O/c1-21-35-29-15-23(16-33-31(29)37(21)20-39-12-13-40(3,4)5)26-8-9-28-27(17-32-19-34-28)30(26)36-11-10-22-6-7-25(38-2)14-24(22)18-36;1-14-22-16-11-15(20-25-18(2,3)19(4,5)26-20)12-21-17(16)23(14)13-24-9-10-27(6,7)8;1-23-15-4-2-12-6-7-22(10-13(12)8-15)18-16-9-14(19)3-5-17(16)20-11-21-18/h6-9,14-17,19H,10-13,18,20H2,1-5H3;11-12H,9-10,13H2,1-8H3;2-5,8-9,11H,6-7,10H2,1H3. The Balaban J connectivity index is 0.000000146. The van der Waals surface area contributed by atoms with Gasteiger partial charge in [0.15, 0.2) is 11.3 Å². The van der Waals surface area contributed by atoms with Crippen LogP contribution in [0.3, 0.4) is 0 Å². The first-order valence-electron chi connectivity index (χ1n) is 31.1. The second kappa shape index (κ2) is 26.7. The molecule has 13 rings (SSSR count). The maximum Gasteiger partial charge on any atom is 0.496 e. The second-order valence-corrected chi connectivity index (χ2v) is 39.5. The van der Waals surface area contributed by atoms with E-state index in [-0.39, 0.29) is 11.2 Å². The van der Waals surface area contributed by atoms with Crippen molar-refractivity contribution in [1.29, 1.82) is 0 Å². The van der Waals surface area contributed by atoms with Crippen LogP contribution in [0.25, 0.3) is 55.3 Å². The van der Waals surface area contributed by atoms with Crippen LogP contribution in [0.15, 0.2) is 110 Å². The maximum atomic E-state index is 6.13. The number of rotatable bonds is 16. The van der Waals surface area contributed by atoms with E-state index in [0.717, 1.165) is 160 Å². The van der Waals surface area contributed by atoms with E-state index in [2.05, 4.69) is 195 Å². The molecule has 0 atom stereocenters. The highest BCUT2D eigenvalue weighted by molar-refractivity contribution is 14.1. The Kier molecular flexibility index (Phi) is 19.2. The van der Waals surface area contributed by atoms with Crippen LogP contribution < -0.4 is 24.7 Å². The monoisotopic (exact) mass is 1360 g/mol. The van der Waals surface area contributed by atoms with Crippen molar-refractivity contribution in [2.24, 2.45) is 0 Å². The largest absolute Gasteiger partial charge is 0.497 e. The first kappa shape index (κ1) is 64.6. The van der Waals surface area contributed by atoms with Gasteiger partial charge in [-0.2, -0.15) is 0 Å². The summed E-state index contributed by atoms with van der Waals surface area (Å²) in [6.45, 7) is 32.4. The zero-order valence-electron chi connectivity index (χ0n) is 54.6. The van der Waals surface area contributed by atoms with Gasteiger partial charge in [0.25, 0.3) is 0 Å². The van der Waals surface area contributed by atoms with Crippen molar-refractivity contribution in [2.45, 2.75) is 144 Å². The van der Waals surface area contributed by atoms with Crippen LogP contribution in [-0.2, 0) is 58.2 Å². The SMILES string of the molecule is COc1ccc2c(c1)CN(c1c(-c3cnc4c(c3)nc(C)n4COCC[Si](C)(C)C)ccc3ncncc13)CC2.COc1ccc2c(c1)CN(c1ncnc3ccc(I)cc13)CC2.Cc1nc2cc(B3OC(C)(C)C(C)(C)O3)cnc2n1COCC[Si](C)(C)C. The summed E-state index contributed by atoms with van der Waals surface area (Å²) in [4.78, 5) is 41.7. The number of methoxy groups -OCH3 is 2. The van der Waals surface area contributed by atoms with Gasteiger partial charge in [-0.05, 0) is 172 Å². The number of aryl methyl sites for hydroxylation is 2. The van der Waals surface area contributed by atoms with E-state index in [1.54, 1.807) is 26.9 Å². The molecule has 18 nitrogen and oxygen atoms in total. The number of imidazole rings is 2. The van der Waals surface area contributed by atoms with Gasteiger partial charge in [-0.1, -0.05) is 57.5 Å². The fourth-order valence-electron chi connectivity index (χ4n) is 11.5. The molecule has 9 heterocycles. The lowest BCUT2D eigenvalue weighted by molar-refractivity contribution is 0.00578. The average molecular weight is 1360 g/mol. The molecule has 0 unspecified atom stereocenters. The van der Waals surface area contributed by atoms with Crippen molar-refractivity contribution in [2.75, 3.05) is 50.3 Å². The van der Waals surface area contributed by atoms with Crippen LogP contribution in [0.2, 0.25) is 51.4 Å². The number of hydrogen-bond acceptors (Lipinski definition) is 16. The fourth-order valence-corrected chi connectivity index (χ4v) is 13.5. The lowest BCUT2D eigenvalue weighted by Gasteiger charge is -2.33. The van der Waals surface area contributed by atoms with Crippen molar-refractivity contribution in [3.63, 3.8) is 0 Å². The van der Waals surface area contributed by atoms with E-state index in [0.29, 0.717) is 13.5 Å². The lowest BCUT2D eigenvalue weighted by atomic mass is 9.80. The minimum absolute atomic E-state index is 0.369. The Labute approximate surface area is 544 Å². The molecule has 3 aliphatic rings. The third-order valence-corrected chi connectivity index (χ3v) is 21.6. The van der Waals surface area contributed by atoms with Crippen LogP contribution in [0.5, 0.6) is 11.5 Å². The number of benzene rings is 4. The molecule has 0 saturated carbocycles. The Hall–Kier alpha value is -6.93. The Morgan fingerprint density at radius 3 is 1.71 bits per heavy atom. The number of ether oxygens (including phenoxy) is 4. The van der Waals surface area contributed by atoms with Crippen molar-refractivity contribution >= 4 is 107 Å². The molecule has 22 heteroatoms. The van der Waals surface area contributed by atoms with E-state index >= 15 is 0 Å². The van der Waals surface area contributed by atoms with Crippen molar-refractivity contribution in [1.82, 2.24) is 49.0 Å². The molecule has 0 aliphatic carbocycles. The molecule has 470 valence electrons. The lowest BCUT2D eigenvalue weighted by Crippen LogP contribution is -2.41. The van der Waals surface area contributed by atoms with Crippen LogP contribution in [0.4, 0.5) is 11.5 Å². The number of aromatic nitrogens is 10. The molecule has 6 aromatic heterocycles. The molecular formula is C68H84BIN12O6Si2. The zero-order chi connectivity index (χ0) is 63.7. The minimum Gasteiger partial charge on any atom is -0.497 e. The second-order valence-electron chi connectivity index (χ2n) is 27.0. The quantitative estimate of drug-likeness (QED) is 0.0507. The first-order valence-corrected chi connectivity index (χ1v) is 39.6. The summed E-state index contributed by atoms with van der Waals surface area (Å²) in [7, 11) is 0.775. The topological polar surface area (TPSA) is 175 Å². The van der Waals surface area contributed by atoms with Crippen LogP contribution in [0, 0.1) is 17.4 Å². The van der Waals surface area contributed by atoms with Crippen LogP contribution >= 0.6 is 22.6 Å². The van der Waals surface area contributed by atoms with E-state index in [9.17, 15) is 0 Å². The molecule has 0 radical (unpaired) electrons. The third-order valence-electron chi connectivity index (χ3n) is 17.5. The van der Waals surface area contributed by atoms with Gasteiger partial charge in [-0.3, -0.25) is 9.13 Å². The number of halogens is 1. The minimum atomic E-state index is -1.14. The predicted molar refractivity (Wildman–Crippen MR) is 375 cm³/mol. The van der Waals surface area contributed by atoms with Crippen molar-refractivity contribution < 1.29 is 28.3 Å². The number of hydrogen-bond donors (Lipinski definition) is 0. The molecule has 0 amide bonds. The van der Waals surface area contributed by atoms with Gasteiger partial charge in [0, 0.05) is 105 Å². The van der Waals surface area contributed by atoms with Gasteiger partial charge in [-0.25, -0.2) is 39.9 Å². The molecule has 1 saturated heterocycles. The van der Waals surface area contributed by atoms with Crippen LogP contribution in [0.1, 0.15) is 61.6 Å². The smallest absolute Gasteiger partial charge is 0.496 e. The number of fused-ring (bicyclic) bond motifs is 6. The molecule has 1 fully saturated rings. The summed E-state index contributed by atoms with van der Waals surface area (Å²) < 4.78 is 40.4. The Morgan fingerprint density at radius 2 is 1.11 bits per heavy atom. The van der Waals surface area contributed by atoms with Gasteiger partial charge in [0.2, 0.25) is 0 Å². The third kappa shape index (κ3) is 14.5. The molecule has 0 bridgehead atoms. The summed E-state index contributed by atoms with van der Waals surface area (Å²) in [5.41, 5.74) is 14.1. The zero-order valence-corrected chi connectivity index (χ0v) is 58.8.